The number of ether oxygens (including phenoxy) is 1. The Bertz CT molecular complexity index is 582. The van der Waals surface area contributed by atoms with Gasteiger partial charge in [-0.2, -0.15) is 0 Å². The third kappa shape index (κ3) is 4.73. The SMILES string of the molecule is CCc1ccc(Oc2ncc(CNC(C)C)cc2Cl)cc1. The summed E-state index contributed by atoms with van der Waals surface area (Å²) in [6.07, 6.45) is 2.80. The minimum Gasteiger partial charge on any atom is -0.438 e. The third-order valence-corrected chi connectivity index (χ3v) is 3.40. The molecule has 0 aliphatic carbocycles. The summed E-state index contributed by atoms with van der Waals surface area (Å²) in [5, 5.41) is 3.86. The molecule has 0 aliphatic heterocycles. The van der Waals surface area contributed by atoms with Crippen LogP contribution in [0.4, 0.5) is 0 Å². The van der Waals surface area contributed by atoms with E-state index in [4.69, 9.17) is 16.3 Å². The minimum absolute atomic E-state index is 0.428. The maximum absolute atomic E-state index is 6.24. The van der Waals surface area contributed by atoms with E-state index in [1.165, 1.54) is 5.56 Å². The van der Waals surface area contributed by atoms with Gasteiger partial charge in [0, 0.05) is 18.8 Å². The lowest BCUT2D eigenvalue weighted by atomic mass is 10.2. The summed E-state index contributed by atoms with van der Waals surface area (Å²) in [4.78, 5) is 4.30. The van der Waals surface area contributed by atoms with E-state index in [1.54, 1.807) is 6.20 Å². The second kappa shape index (κ2) is 7.43. The van der Waals surface area contributed by atoms with Crippen LogP contribution in [0.3, 0.4) is 0 Å². The van der Waals surface area contributed by atoms with Crippen LogP contribution in [0, 0.1) is 0 Å². The maximum Gasteiger partial charge on any atom is 0.238 e. The smallest absolute Gasteiger partial charge is 0.238 e. The molecule has 3 nitrogen and oxygen atoms in total. The zero-order valence-corrected chi connectivity index (χ0v) is 13.4. The van der Waals surface area contributed by atoms with Crippen molar-refractivity contribution in [3.63, 3.8) is 0 Å². The number of hydrogen-bond donors (Lipinski definition) is 1. The number of aryl methyl sites for hydroxylation is 1. The first-order valence-corrected chi connectivity index (χ1v) is 7.61. The van der Waals surface area contributed by atoms with Crippen molar-refractivity contribution in [1.29, 1.82) is 0 Å². The highest BCUT2D eigenvalue weighted by Gasteiger charge is 2.07. The van der Waals surface area contributed by atoms with E-state index >= 15 is 0 Å². The summed E-state index contributed by atoms with van der Waals surface area (Å²) in [5.41, 5.74) is 2.32. The molecule has 2 rings (SSSR count). The van der Waals surface area contributed by atoms with E-state index in [9.17, 15) is 0 Å². The van der Waals surface area contributed by atoms with Gasteiger partial charge in [-0.3, -0.25) is 0 Å². The highest BCUT2D eigenvalue weighted by Crippen LogP contribution is 2.27. The second-order valence-corrected chi connectivity index (χ2v) is 5.67. The fourth-order valence-electron chi connectivity index (χ4n) is 1.86. The number of halogens is 1. The van der Waals surface area contributed by atoms with Crippen LogP contribution < -0.4 is 10.1 Å². The van der Waals surface area contributed by atoms with Crippen LogP contribution in [0.2, 0.25) is 5.02 Å². The van der Waals surface area contributed by atoms with Crippen molar-refractivity contribution < 1.29 is 4.74 Å². The van der Waals surface area contributed by atoms with Gasteiger partial charge in [0.15, 0.2) is 0 Å². The van der Waals surface area contributed by atoms with Gasteiger partial charge in [-0.1, -0.05) is 44.5 Å². The Morgan fingerprint density at radius 2 is 1.90 bits per heavy atom. The molecule has 0 saturated heterocycles. The monoisotopic (exact) mass is 304 g/mol. The van der Waals surface area contributed by atoms with Crippen LogP contribution in [0.1, 0.15) is 31.9 Å². The normalized spacial score (nSPS) is 10.9. The fraction of sp³-hybridized carbons (Fsp3) is 0.353. The van der Waals surface area contributed by atoms with E-state index in [0.717, 1.165) is 24.3 Å². The molecule has 112 valence electrons. The van der Waals surface area contributed by atoms with Gasteiger partial charge >= 0.3 is 0 Å². The first kappa shape index (κ1) is 15.8. The summed E-state index contributed by atoms with van der Waals surface area (Å²) in [6, 6.07) is 10.3. The van der Waals surface area contributed by atoms with Crippen LogP contribution in [-0.2, 0) is 13.0 Å². The summed E-state index contributed by atoms with van der Waals surface area (Å²) < 4.78 is 5.73. The molecule has 0 spiro atoms. The molecule has 2 aromatic rings. The molecular weight excluding hydrogens is 284 g/mol. The molecule has 0 atom stereocenters. The average molecular weight is 305 g/mol. The Balaban J connectivity index is 2.06. The summed E-state index contributed by atoms with van der Waals surface area (Å²) in [6.45, 7) is 7.08. The predicted molar refractivity (Wildman–Crippen MR) is 87.1 cm³/mol. The zero-order chi connectivity index (χ0) is 15.2. The molecule has 0 bridgehead atoms. The molecule has 0 fully saturated rings. The van der Waals surface area contributed by atoms with E-state index in [1.807, 2.05) is 30.3 Å². The van der Waals surface area contributed by atoms with E-state index in [0.29, 0.717) is 16.9 Å². The van der Waals surface area contributed by atoms with Crippen molar-refractivity contribution in [3.05, 3.63) is 52.7 Å². The Labute approximate surface area is 131 Å². The standard InChI is InChI=1S/C17H21ClN2O/c1-4-13-5-7-15(8-6-13)21-17-16(18)9-14(11-20-17)10-19-12(2)3/h5-9,11-12,19H,4,10H2,1-3H3. The Hall–Kier alpha value is -1.58. The molecule has 1 heterocycles. The van der Waals surface area contributed by atoms with Gasteiger partial charge in [-0.15, -0.1) is 0 Å². The van der Waals surface area contributed by atoms with Gasteiger partial charge in [0.2, 0.25) is 5.88 Å². The first-order chi connectivity index (χ1) is 10.1. The molecule has 4 heteroatoms. The molecule has 0 aliphatic rings. The van der Waals surface area contributed by atoms with Crippen LogP contribution in [0.15, 0.2) is 36.5 Å². The van der Waals surface area contributed by atoms with Gasteiger partial charge in [0.05, 0.1) is 0 Å². The molecular formula is C17H21ClN2O. The summed E-state index contributed by atoms with van der Waals surface area (Å²) in [7, 11) is 0. The molecule has 1 aromatic carbocycles. The maximum atomic E-state index is 6.24. The number of nitrogens with one attached hydrogen (secondary N) is 1. The van der Waals surface area contributed by atoms with Gasteiger partial charge in [0.1, 0.15) is 10.8 Å². The van der Waals surface area contributed by atoms with Gasteiger partial charge in [-0.05, 0) is 35.7 Å². The van der Waals surface area contributed by atoms with Gasteiger partial charge < -0.3 is 10.1 Å². The summed E-state index contributed by atoms with van der Waals surface area (Å²) >= 11 is 6.24. The van der Waals surface area contributed by atoms with Crippen molar-refractivity contribution in [3.8, 4) is 11.6 Å². The molecule has 0 saturated carbocycles. The van der Waals surface area contributed by atoms with Crippen molar-refractivity contribution in [2.75, 3.05) is 0 Å². The van der Waals surface area contributed by atoms with E-state index < -0.39 is 0 Å². The summed E-state index contributed by atoms with van der Waals surface area (Å²) in [5.74, 6) is 1.18. The molecule has 0 amide bonds. The Morgan fingerprint density at radius 3 is 2.48 bits per heavy atom. The number of nitrogens with zero attached hydrogens (tertiary/aromatic N) is 1. The fourth-order valence-corrected chi connectivity index (χ4v) is 2.09. The topological polar surface area (TPSA) is 34.1 Å². The van der Waals surface area contributed by atoms with Crippen LogP contribution in [-0.4, -0.2) is 11.0 Å². The number of aromatic nitrogens is 1. The van der Waals surface area contributed by atoms with Gasteiger partial charge in [-0.25, -0.2) is 4.98 Å². The number of benzene rings is 1. The number of pyridine rings is 1. The van der Waals surface area contributed by atoms with Crippen molar-refractivity contribution in [1.82, 2.24) is 10.3 Å². The van der Waals surface area contributed by atoms with Crippen LogP contribution >= 0.6 is 11.6 Å². The highest BCUT2D eigenvalue weighted by molar-refractivity contribution is 6.31. The zero-order valence-electron chi connectivity index (χ0n) is 12.7. The Kier molecular flexibility index (Phi) is 5.59. The molecule has 1 aromatic heterocycles. The number of rotatable bonds is 6. The molecule has 21 heavy (non-hydrogen) atoms. The number of hydrogen-bond acceptors (Lipinski definition) is 3. The average Bonchev–Trinajstić information content (AvgIpc) is 2.48. The van der Waals surface area contributed by atoms with Crippen LogP contribution in [0.5, 0.6) is 11.6 Å². The second-order valence-electron chi connectivity index (χ2n) is 5.27. The van der Waals surface area contributed by atoms with Crippen molar-refractivity contribution in [2.45, 2.75) is 39.8 Å². The highest BCUT2D eigenvalue weighted by atomic mass is 35.5. The van der Waals surface area contributed by atoms with Crippen molar-refractivity contribution >= 4 is 11.6 Å². The van der Waals surface area contributed by atoms with E-state index in [-0.39, 0.29) is 0 Å². The first-order valence-electron chi connectivity index (χ1n) is 7.23. The van der Waals surface area contributed by atoms with E-state index in [2.05, 4.69) is 31.1 Å². The largest absolute Gasteiger partial charge is 0.438 e. The molecule has 1 N–H and O–H groups in total. The third-order valence-electron chi connectivity index (χ3n) is 3.12. The van der Waals surface area contributed by atoms with Crippen LogP contribution in [0.25, 0.3) is 0 Å². The lowest BCUT2D eigenvalue weighted by Crippen LogP contribution is -2.21. The quantitative estimate of drug-likeness (QED) is 0.847. The predicted octanol–water partition coefficient (Wildman–Crippen LogP) is 4.59. The van der Waals surface area contributed by atoms with Crippen molar-refractivity contribution in [2.24, 2.45) is 0 Å². The molecule has 0 radical (unpaired) electrons. The van der Waals surface area contributed by atoms with Gasteiger partial charge in [0.25, 0.3) is 0 Å². The Morgan fingerprint density at radius 1 is 1.19 bits per heavy atom. The molecule has 0 unspecified atom stereocenters. The lowest BCUT2D eigenvalue weighted by Gasteiger charge is -2.10. The lowest BCUT2D eigenvalue weighted by molar-refractivity contribution is 0.462. The minimum atomic E-state index is 0.428.